The van der Waals surface area contributed by atoms with Gasteiger partial charge in [-0.2, -0.15) is 4.31 Å². The minimum atomic E-state index is -3.66. The molecule has 2 N–H and O–H groups in total. The second-order valence-corrected chi connectivity index (χ2v) is 10.3. The number of benzene rings is 1. The summed E-state index contributed by atoms with van der Waals surface area (Å²) in [6, 6.07) is 5.32. The number of hydrogen-bond donors (Lipinski definition) is 2. The summed E-state index contributed by atoms with van der Waals surface area (Å²) in [5, 5.41) is 7.27. The van der Waals surface area contributed by atoms with Crippen LogP contribution < -0.4 is 10.6 Å². The van der Waals surface area contributed by atoms with Crippen molar-refractivity contribution in [1.82, 2.24) is 9.62 Å². The van der Waals surface area contributed by atoms with Crippen molar-refractivity contribution in [2.45, 2.75) is 36.6 Å². The fourth-order valence-corrected chi connectivity index (χ4v) is 6.64. The zero-order chi connectivity index (χ0) is 19.0. The smallest absolute Gasteiger partial charge is 0.244 e. The molecule has 0 amide bonds. The number of thiocarbonyl (C=S) groups is 1. The van der Waals surface area contributed by atoms with Crippen LogP contribution in [0.25, 0.3) is 0 Å². The van der Waals surface area contributed by atoms with E-state index in [1.54, 1.807) is 18.2 Å². The first-order valence-electron chi connectivity index (χ1n) is 9.38. The minimum absolute atomic E-state index is 0.0961. The summed E-state index contributed by atoms with van der Waals surface area (Å²) in [5.74, 6) is 1.54. The highest BCUT2D eigenvalue weighted by molar-refractivity contribution is 7.89. The lowest BCUT2D eigenvalue weighted by molar-refractivity contribution is 0.0730. The molecular formula is C18H24ClN3O3S2. The fourth-order valence-electron chi connectivity index (χ4n) is 4.46. The Labute approximate surface area is 170 Å². The van der Waals surface area contributed by atoms with Gasteiger partial charge in [-0.05, 0) is 61.5 Å². The van der Waals surface area contributed by atoms with Crippen LogP contribution in [0.2, 0.25) is 5.02 Å². The third-order valence-corrected chi connectivity index (χ3v) is 8.43. The van der Waals surface area contributed by atoms with Gasteiger partial charge >= 0.3 is 0 Å². The van der Waals surface area contributed by atoms with Crippen LogP contribution in [-0.2, 0) is 14.8 Å². The van der Waals surface area contributed by atoms with Gasteiger partial charge in [-0.3, -0.25) is 0 Å². The lowest BCUT2D eigenvalue weighted by atomic mass is 9.96. The molecule has 4 rings (SSSR count). The molecule has 0 aromatic heterocycles. The van der Waals surface area contributed by atoms with Crippen LogP contribution in [0.5, 0.6) is 0 Å². The van der Waals surface area contributed by atoms with E-state index < -0.39 is 10.0 Å². The van der Waals surface area contributed by atoms with Gasteiger partial charge in [0.05, 0.1) is 18.2 Å². The number of nitrogens with zero attached hydrogens (tertiary/aromatic N) is 1. The number of sulfonamides is 1. The van der Waals surface area contributed by atoms with Crippen molar-refractivity contribution in [2.75, 3.05) is 31.6 Å². The van der Waals surface area contributed by atoms with E-state index in [4.69, 9.17) is 28.6 Å². The molecule has 3 aliphatic rings. The molecule has 0 radical (unpaired) electrons. The molecule has 1 aliphatic heterocycles. The van der Waals surface area contributed by atoms with Gasteiger partial charge in [-0.15, -0.1) is 0 Å². The molecule has 0 spiro atoms. The number of ether oxygens (including phenoxy) is 1. The number of morpholine rings is 1. The number of halogens is 1. The topological polar surface area (TPSA) is 70.7 Å². The lowest BCUT2D eigenvalue weighted by Gasteiger charge is -2.27. The Morgan fingerprint density at radius 3 is 2.67 bits per heavy atom. The van der Waals surface area contributed by atoms with Gasteiger partial charge in [-0.25, -0.2) is 8.42 Å². The van der Waals surface area contributed by atoms with Crippen LogP contribution in [0, 0.1) is 11.8 Å². The van der Waals surface area contributed by atoms with Gasteiger partial charge in [0.2, 0.25) is 10.0 Å². The van der Waals surface area contributed by atoms with Crippen molar-refractivity contribution in [1.29, 1.82) is 0 Å². The van der Waals surface area contributed by atoms with Gasteiger partial charge in [-0.1, -0.05) is 18.0 Å². The van der Waals surface area contributed by atoms with Crippen molar-refractivity contribution in [2.24, 2.45) is 11.8 Å². The summed E-state index contributed by atoms with van der Waals surface area (Å²) in [7, 11) is -3.66. The number of nitrogens with one attached hydrogen (secondary N) is 2. The van der Waals surface area contributed by atoms with E-state index in [0.717, 1.165) is 5.92 Å². The first-order chi connectivity index (χ1) is 12.9. The molecule has 2 saturated carbocycles. The zero-order valence-electron chi connectivity index (χ0n) is 15.0. The monoisotopic (exact) mass is 429 g/mol. The standard InChI is InChI=1S/C18H24ClN3O3S2/c19-15-4-3-14(11-17(15)27(23,24)22-5-7-25-8-6-22)20-18(26)21-16-10-12-1-2-13(16)9-12/h3-4,11-13,16H,1-2,5-10H2,(H2,20,21,26). The molecular weight excluding hydrogens is 406 g/mol. The lowest BCUT2D eigenvalue weighted by Crippen LogP contribution is -2.41. The van der Waals surface area contributed by atoms with E-state index in [1.165, 1.54) is 30.0 Å². The Morgan fingerprint density at radius 1 is 1.22 bits per heavy atom. The maximum Gasteiger partial charge on any atom is 0.244 e. The zero-order valence-corrected chi connectivity index (χ0v) is 17.4. The van der Waals surface area contributed by atoms with E-state index in [-0.39, 0.29) is 9.92 Å². The quantitative estimate of drug-likeness (QED) is 0.717. The van der Waals surface area contributed by atoms with Gasteiger partial charge in [0.15, 0.2) is 5.11 Å². The van der Waals surface area contributed by atoms with E-state index in [2.05, 4.69) is 10.6 Å². The summed E-state index contributed by atoms with van der Waals surface area (Å²) in [6.45, 7) is 1.46. The molecule has 2 aliphatic carbocycles. The molecule has 3 atom stereocenters. The van der Waals surface area contributed by atoms with Crippen molar-refractivity contribution < 1.29 is 13.2 Å². The first kappa shape index (κ1) is 19.4. The fraction of sp³-hybridized carbons (Fsp3) is 0.611. The Morgan fingerprint density at radius 2 is 2.00 bits per heavy atom. The highest BCUT2D eigenvalue weighted by Gasteiger charge is 2.39. The Kier molecular flexibility index (Phi) is 5.62. The van der Waals surface area contributed by atoms with Crippen LogP contribution in [0.1, 0.15) is 25.7 Å². The molecule has 1 saturated heterocycles. The van der Waals surface area contributed by atoms with Gasteiger partial charge in [0.1, 0.15) is 4.90 Å². The predicted octanol–water partition coefficient (Wildman–Crippen LogP) is 2.84. The van der Waals surface area contributed by atoms with Crippen LogP contribution in [-0.4, -0.2) is 50.2 Å². The molecule has 3 unspecified atom stereocenters. The van der Waals surface area contributed by atoms with E-state index in [9.17, 15) is 8.42 Å². The summed E-state index contributed by atoms with van der Waals surface area (Å²) in [4.78, 5) is 0.0961. The van der Waals surface area contributed by atoms with Crippen LogP contribution in [0.15, 0.2) is 23.1 Å². The number of rotatable bonds is 4. The number of fused-ring (bicyclic) bond motifs is 2. The second kappa shape index (κ2) is 7.83. The summed E-state index contributed by atoms with van der Waals surface area (Å²) >= 11 is 11.7. The largest absolute Gasteiger partial charge is 0.379 e. The Balaban J connectivity index is 1.46. The Bertz CT molecular complexity index is 827. The summed E-state index contributed by atoms with van der Waals surface area (Å²) in [5.41, 5.74) is 0.617. The molecule has 2 bridgehead atoms. The van der Waals surface area contributed by atoms with Gasteiger partial charge in [0, 0.05) is 24.8 Å². The highest BCUT2D eigenvalue weighted by atomic mass is 35.5. The van der Waals surface area contributed by atoms with Gasteiger partial charge < -0.3 is 15.4 Å². The molecule has 6 nitrogen and oxygen atoms in total. The van der Waals surface area contributed by atoms with Crippen LogP contribution in [0.3, 0.4) is 0 Å². The van der Waals surface area contributed by atoms with Crippen molar-refractivity contribution >= 4 is 44.6 Å². The van der Waals surface area contributed by atoms with Crippen molar-refractivity contribution in [3.05, 3.63) is 23.2 Å². The Hall–Kier alpha value is -0.930. The highest BCUT2D eigenvalue weighted by Crippen LogP contribution is 2.44. The van der Waals surface area contributed by atoms with Crippen molar-refractivity contribution in [3.8, 4) is 0 Å². The third-order valence-electron chi connectivity index (χ3n) is 5.83. The van der Waals surface area contributed by atoms with Crippen LogP contribution >= 0.6 is 23.8 Å². The molecule has 1 aromatic rings. The third kappa shape index (κ3) is 4.10. The maximum atomic E-state index is 12.9. The SMILES string of the molecule is O=S(=O)(c1cc(NC(=S)NC2CC3CCC2C3)ccc1Cl)N1CCOCC1. The predicted molar refractivity (Wildman–Crippen MR) is 110 cm³/mol. The van der Waals surface area contributed by atoms with Crippen molar-refractivity contribution in [3.63, 3.8) is 0 Å². The minimum Gasteiger partial charge on any atom is -0.379 e. The maximum absolute atomic E-state index is 12.9. The van der Waals surface area contributed by atoms with Gasteiger partial charge in [0.25, 0.3) is 0 Å². The average molecular weight is 430 g/mol. The molecule has 27 heavy (non-hydrogen) atoms. The van der Waals surface area contributed by atoms with E-state index in [1.807, 2.05) is 0 Å². The van der Waals surface area contributed by atoms with Crippen LogP contribution in [0.4, 0.5) is 5.69 Å². The molecule has 9 heteroatoms. The number of hydrogen-bond acceptors (Lipinski definition) is 4. The van der Waals surface area contributed by atoms with E-state index >= 15 is 0 Å². The molecule has 1 heterocycles. The number of anilines is 1. The molecule has 3 fully saturated rings. The normalized spacial score (nSPS) is 28.3. The second-order valence-electron chi connectivity index (χ2n) is 7.54. The van der Waals surface area contributed by atoms with E-state index in [0.29, 0.717) is 49.1 Å². The summed E-state index contributed by atoms with van der Waals surface area (Å²) in [6.07, 6.45) is 5.07. The molecule has 1 aromatic carbocycles. The first-order valence-corrected chi connectivity index (χ1v) is 11.6. The average Bonchev–Trinajstić information content (AvgIpc) is 3.27. The summed E-state index contributed by atoms with van der Waals surface area (Å²) < 4.78 is 32.5. The molecule has 148 valence electrons.